The van der Waals surface area contributed by atoms with Crippen LogP contribution >= 0.6 is 0 Å². The van der Waals surface area contributed by atoms with E-state index < -0.39 is 0 Å². The van der Waals surface area contributed by atoms with Crippen molar-refractivity contribution < 1.29 is 4.79 Å². The third-order valence-corrected chi connectivity index (χ3v) is 5.75. The lowest BCUT2D eigenvalue weighted by atomic mass is 10.1. The third-order valence-electron chi connectivity index (χ3n) is 5.75. The van der Waals surface area contributed by atoms with Gasteiger partial charge in [0.2, 0.25) is 0 Å². The summed E-state index contributed by atoms with van der Waals surface area (Å²) in [5, 5.41) is 6.34. The summed E-state index contributed by atoms with van der Waals surface area (Å²) in [6.07, 6.45) is 6.66. The van der Waals surface area contributed by atoms with Gasteiger partial charge in [-0.1, -0.05) is 42.3 Å². The van der Waals surface area contributed by atoms with E-state index in [1.54, 1.807) is 6.20 Å². The maximum absolute atomic E-state index is 12.6. The molecule has 0 spiro atoms. The fraction of sp³-hybridized carbons (Fsp3) is 0.346. The summed E-state index contributed by atoms with van der Waals surface area (Å²) in [5.41, 5.74) is 3.63. The van der Waals surface area contributed by atoms with Gasteiger partial charge in [-0.25, -0.2) is 9.97 Å². The van der Waals surface area contributed by atoms with Gasteiger partial charge >= 0.3 is 0 Å². The number of hydrogen-bond donors (Lipinski definition) is 2. The SMILES string of the molecule is Cc1ccc(-c2nccc(Nc3cccc(C(=O)NCCCN4CCCCC4)c3)n2)cc1. The highest BCUT2D eigenvalue weighted by atomic mass is 16.1. The summed E-state index contributed by atoms with van der Waals surface area (Å²) in [6.45, 7) is 6.19. The molecule has 1 aliphatic heterocycles. The van der Waals surface area contributed by atoms with Crippen molar-refractivity contribution in [3.8, 4) is 11.4 Å². The summed E-state index contributed by atoms with van der Waals surface area (Å²) in [5.74, 6) is 1.31. The Morgan fingerprint density at radius 2 is 1.84 bits per heavy atom. The molecule has 32 heavy (non-hydrogen) atoms. The fourth-order valence-corrected chi connectivity index (χ4v) is 3.95. The number of hydrogen-bond acceptors (Lipinski definition) is 5. The van der Waals surface area contributed by atoms with Gasteiger partial charge in [0.1, 0.15) is 5.82 Å². The van der Waals surface area contributed by atoms with Crippen molar-refractivity contribution in [2.24, 2.45) is 0 Å². The van der Waals surface area contributed by atoms with E-state index >= 15 is 0 Å². The van der Waals surface area contributed by atoms with Gasteiger partial charge in [0, 0.05) is 29.6 Å². The molecule has 0 radical (unpaired) electrons. The average Bonchev–Trinajstić information content (AvgIpc) is 2.83. The maximum atomic E-state index is 12.6. The van der Waals surface area contributed by atoms with Crippen LogP contribution in [0.3, 0.4) is 0 Å². The van der Waals surface area contributed by atoms with Gasteiger partial charge in [0.05, 0.1) is 0 Å². The molecule has 1 aliphatic rings. The number of piperidine rings is 1. The molecule has 1 fully saturated rings. The molecule has 3 aromatic rings. The van der Waals surface area contributed by atoms with Crippen molar-refractivity contribution in [1.82, 2.24) is 20.2 Å². The molecule has 166 valence electrons. The van der Waals surface area contributed by atoms with Crippen molar-refractivity contribution in [3.63, 3.8) is 0 Å². The van der Waals surface area contributed by atoms with Crippen molar-refractivity contribution in [2.45, 2.75) is 32.6 Å². The minimum atomic E-state index is -0.0460. The summed E-state index contributed by atoms with van der Waals surface area (Å²) >= 11 is 0. The first-order chi connectivity index (χ1) is 15.7. The fourth-order valence-electron chi connectivity index (χ4n) is 3.95. The first-order valence-corrected chi connectivity index (χ1v) is 11.5. The molecule has 4 rings (SSSR count). The molecule has 0 bridgehead atoms. The highest BCUT2D eigenvalue weighted by molar-refractivity contribution is 5.95. The third kappa shape index (κ3) is 6.14. The number of nitrogens with one attached hydrogen (secondary N) is 2. The predicted octanol–water partition coefficient (Wildman–Crippen LogP) is 4.80. The van der Waals surface area contributed by atoms with E-state index in [4.69, 9.17) is 0 Å². The molecule has 6 heteroatoms. The lowest BCUT2D eigenvalue weighted by Crippen LogP contribution is -2.33. The zero-order chi connectivity index (χ0) is 22.2. The van der Waals surface area contributed by atoms with Crippen molar-refractivity contribution in [3.05, 3.63) is 71.9 Å². The van der Waals surface area contributed by atoms with Gasteiger partial charge in [0.25, 0.3) is 5.91 Å². The maximum Gasteiger partial charge on any atom is 0.251 e. The average molecular weight is 430 g/mol. The van der Waals surface area contributed by atoms with Crippen LogP contribution in [0, 0.1) is 6.92 Å². The predicted molar refractivity (Wildman–Crippen MR) is 129 cm³/mol. The number of nitrogens with zero attached hydrogens (tertiary/aromatic N) is 3. The monoisotopic (exact) mass is 429 g/mol. The minimum absolute atomic E-state index is 0.0460. The molecule has 0 saturated carbocycles. The highest BCUT2D eigenvalue weighted by Crippen LogP contribution is 2.20. The Morgan fingerprint density at radius 1 is 1.03 bits per heavy atom. The Hall–Kier alpha value is -3.25. The summed E-state index contributed by atoms with van der Waals surface area (Å²) in [6, 6.07) is 17.5. The second-order valence-electron chi connectivity index (χ2n) is 8.35. The molecule has 0 unspecified atom stereocenters. The van der Waals surface area contributed by atoms with Gasteiger partial charge in [-0.15, -0.1) is 0 Å². The van der Waals surface area contributed by atoms with Gasteiger partial charge in [-0.2, -0.15) is 0 Å². The number of anilines is 2. The molecular formula is C26H31N5O. The number of carbonyl (C=O) groups excluding carboxylic acids is 1. The zero-order valence-corrected chi connectivity index (χ0v) is 18.7. The first-order valence-electron chi connectivity index (χ1n) is 11.5. The Balaban J connectivity index is 1.33. The molecule has 0 atom stereocenters. The van der Waals surface area contributed by atoms with E-state index in [2.05, 4.69) is 32.4 Å². The summed E-state index contributed by atoms with van der Waals surface area (Å²) in [7, 11) is 0. The van der Waals surface area contributed by atoms with Crippen LogP contribution in [0.15, 0.2) is 60.8 Å². The van der Waals surface area contributed by atoms with Gasteiger partial charge < -0.3 is 15.5 Å². The number of carbonyl (C=O) groups is 1. The minimum Gasteiger partial charge on any atom is -0.352 e. The molecule has 1 aromatic heterocycles. The number of benzene rings is 2. The van der Waals surface area contributed by atoms with E-state index in [0.717, 1.165) is 24.2 Å². The standard InChI is InChI=1S/C26H31N5O/c1-20-9-11-21(12-10-20)25-27-15-13-24(30-25)29-23-8-5-7-22(19-23)26(32)28-14-6-18-31-16-3-2-4-17-31/h5,7-13,15,19H,2-4,6,14,16-18H2,1H3,(H,28,32)(H,27,29,30). The molecule has 2 aromatic carbocycles. The molecular weight excluding hydrogens is 398 g/mol. The Kier molecular flexibility index (Phi) is 7.46. The van der Waals surface area contributed by atoms with Gasteiger partial charge in [-0.05, 0) is 70.1 Å². The van der Waals surface area contributed by atoms with Crippen LogP contribution in [0.2, 0.25) is 0 Å². The van der Waals surface area contributed by atoms with Gasteiger partial charge in [-0.3, -0.25) is 4.79 Å². The molecule has 1 amide bonds. The lowest BCUT2D eigenvalue weighted by Gasteiger charge is -2.26. The van der Waals surface area contributed by atoms with E-state index in [1.165, 1.54) is 37.9 Å². The highest BCUT2D eigenvalue weighted by Gasteiger charge is 2.10. The molecule has 1 saturated heterocycles. The normalized spacial score (nSPS) is 14.2. The Bertz CT molecular complexity index is 1030. The van der Waals surface area contributed by atoms with Crippen molar-refractivity contribution >= 4 is 17.4 Å². The lowest BCUT2D eigenvalue weighted by molar-refractivity contribution is 0.0951. The Morgan fingerprint density at radius 3 is 2.66 bits per heavy atom. The van der Waals surface area contributed by atoms with Crippen molar-refractivity contribution in [2.75, 3.05) is 31.5 Å². The van der Waals surface area contributed by atoms with Crippen molar-refractivity contribution in [1.29, 1.82) is 0 Å². The molecule has 0 aliphatic carbocycles. The van der Waals surface area contributed by atoms with Crippen LogP contribution in [0.5, 0.6) is 0 Å². The van der Waals surface area contributed by atoms with Crippen LogP contribution in [0.25, 0.3) is 11.4 Å². The number of aromatic nitrogens is 2. The number of amides is 1. The second-order valence-corrected chi connectivity index (χ2v) is 8.35. The first kappa shape index (κ1) is 22.0. The van der Waals surface area contributed by atoms with Crippen LogP contribution < -0.4 is 10.6 Å². The summed E-state index contributed by atoms with van der Waals surface area (Å²) < 4.78 is 0. The number of rotatable bonds is 8. The van der Waals surface area contributed by atoms with Crippen LogP contribution in [0.1, 0.15) is 41.6 Å². The molecule has 6 nitrogen and oxygen atoms in total. The van der Waals surface area contributed by atoms with E-state index in [1.807, 2.05) is 54.6 Å². The van der Waals surface area contributed by atoms with Crippen LogP contribution in [0.4, 0.5) is 11.5 Å². The van der Waals surface area contributed by atoms with Gasteiger partial charge in [0.15, 0.2) is 5.82 Å². The number of aryl methyl sites for hydroxylation is 1. The van der Waals surface area contributed by atoms with Crippen LogP contribution in [-0.2, 0) is 0 Å². The topological polar surface area (TPSA) is 70.2 Å². The van der Waals surface area contributed by atoms with E-state index in [0.29, 0.717) is 23.8 Å². The summed E-state index contributed by atoms with van der Waals surface area (Å²) in [4.78, 5) is 24.1. The van der Waals surface area contributed by atoms with Crippen LogP contribution in [-0.4, -0.2) is 47.0 Å². The second kappa shape index (κ2) is 10.9. The van der Waals surface area contributed by atoms with E-state index in [-0.39, 0.29) is 5.91 Å². The largest absolute Gasteiger partial charge is 0.352 e. The Labute approximate surface area is 190 Å². The molecule has 2 N–H and O–H groups in total. The quantitative estimate of drug-likeness (QED) is 0.503. The number of likely N-dealkylation sites (tertiary alicyclic amines) is 1. The smallest absolute Gasteiger partial charge is 0.251 e. The van der Waals surface area contributed by atoms with E-state index in [9.17, 15) is 4.79 Å². The zero-order valence-electron chi connectivity index (χ0n) is 18.7. The molecule has 2 heterocycles.